The summed E-state index contributed by atoms with van der Waals surface area (Å²) in [5, 5.41) is 3.28. The van der Waals surface area contributed by atoms with E-state index in [2.05, 4.69) is 36.5 Å². The van der Waals surface area contributed by atoms with Gasteiger partial charge in [0.1, 0.15) is 5.82 Å². The van der Waals surface area contributed by atoms with Crippen LogP contribution in [0.2, 0.25) is 0 Å². The van der Waals surface area contributed by atoms with Crippen LogP contribution < -0.4 is 5.32 Å². The largest absolute Gasteiger partial charge is 0.319 e. The summed E-state index contributed by atoms with van der Waals surface area (Å²) in [7, 11) is 1.99. The molecule has 0 saturated heterocycles. The van der Waals surface area contributed by atoms with Gasteiger partial charge in [-0.3, -0.25) is 0 Å². The highest BCUT2D eigenvalue weighted by atomic mass is 19.1. The molecule has 0 amide bonds. The van der Waals surface area contributed by atoms with Crippen molar-refractivity contribution >= 4 is 0 Å². The summed E-state index contributed by atoms with van der Waals surface area (Å²) in [5.74, 6) is 0.363. The summed E-state index contributed by atoms with van der Waals surface area (Å²) in [5.41, 5.74) is 4.93. The molecule has 112 valence electrons. The van der Waals surface area contributed by atoms with E-state index in [1.54, 1.807) is 12.1 Å². The Kier molecular flexibility index (Phi) is 5.51. The third-order valence-electron chi connectivity index (χ3n) is 3.95. The van der Waals surface area contributed by atoms with E-state index in [4.69, 9.17) is 0 Å². The molecular formula is C19H24FN. The molecule has 0 fully saturated rings. The molecular weight excluding hydrogens is 261 g/mol. The molecule has 0 bridgehead atoms. The average Bonchev–Trinajstić information content (AvgIpc) is 2.44. The van der Waals surface area contributed by atoms with Crippen molar-refractivity contribution in [1.29, 1.82) is 0 Å². The van der Waals surface area contributed by atoms with E-state index in [0.717, 1.165) is 24.9 Å². The highest BCUT2D eigenvalue weighted by Gasteiger charge is 2.12. The summed E-state index contributed by atoms with van der Waals surface area (Å²) in [6, 6.07) is 13.8. The van der Waals surface area contributed by atoms with Gasteiger partial charge in [0.15, 0.2) is 0 Å². The summed E-state index contributed by atoms with van der Waals surface area (Å²) in [6.07, 6.45) is 2.01. The first kappa shape index (κ1) is 15.7. The molecule has 2 aromatic rings. The maximum absolute atomic E-state index is 13.2. The number of rotatable bonds is 6. The molecule has 1 N–H and O–H groups in total. The Labute approximate surface area is 127 Å². The monoisotopic (exact) mass is 285 g/mol. The van der Waals surface area contributed by atoms with Gasteiger partial charge in [-0.15, -0.1) is 0 Å². The van der Waals surface area contributed by atoms with E-state index in [9.17, 15) is 4.39 Å². The molecule has 0 heterocycles. The van der Waals surface area contributed by atoms with Crippen LogP contribution in [0.5, 0.6) is 0 Å². The lowest BCUT2D eigenvalue weighted by Crippen LogP contribution is -2.23. The van der Waals surface area contributed by atoms with Gasteiger partial charge in [-0.05, 0) is 75.0 Å². The van der Waals surface area contributed by atoms with E-state index in [1.807, 2.05) is 20.0 Å². The van der Waals surface area contributed by atoms with Crippen molar-refractivity contribution in [2.45, 2.75) is 26.7 Å². The van der Waals surface area contributed by atoms with Gasteiger partial charge in [0.05, 0.1) is 0 Å². The third-order valence-corrected chi connectivity index (χ3v) is 3.95. The summed E-state index contributed by atoms with van der Waals surface area (Å²) < 4.78 is 13.2. The van der Waals surface area contributed by atoms with Gasteiger partial charge < -0.3 is 5.32 Å². The van der Waals surface area contributed by atoms with Crippen molar-refractivity contribution in [3.8, 4) is 0 Å². The molecule has 1 unspecified atom stereocenters. The number of hydrogen-bond acceptors (Lipinski definition) is 1. The van der Waals surface area contributed by atoms with Crippen molar-refractivity contribution in [3.63, 3.8) is 0 Å². The lowest BCUT2D eigenvalue weighted by atomic mass is 9.90. The SMILES string of the molecule is CNCC(Cc1ccc(C)cc1)Cc1ccc(F)cc1C. The second-order valence-electron chi connectivity index (χ2n) is 5.89. The molecule has 2 rings (SSSR count). The minimum atomic E-state index is -0.153. The minimum absolute atomic E-state index is 0.153. The molecule has 0 aliphatic carbocycles. The van der Waals surface area contributed by atoms with E-state index in [0.29, 0.717) is 5.92 Å². The maximum Gasteiger partial charge on any atom is 0.123 e. The van der Waals surface area contributed by atoms with Gasteiger partial charge in [-0.25, -0.2) is 4.39 Å². The summed E-state index contributed by atoms with van der Waals surface area (Å²) in [6.45, 7) is 5.06. The number of benzene rings is 2. The maximum atomic E-state index is 13.2. The van der Waals surface area contributed by atoms with Gasteiger partial charge in [-0.1, -0.05) is 35.9 Å². The zero-order valence-electron chi connectivity index (χ0n) is 13.1. The summed E-state index contributed by atoms with van der Waals surface area (Å²) >= 11 is 0. The normalized spacial score (nSPS) is 12.4. The molecule has 0 radical (unpaired) electrons. The second kappa shape index (κ2) is 7.37. The highest BCUT2D eigenvalue weighted by molar-refractivity contribution is 5.28. The van der Waals surface area contributed by atoms with E-state index in [-0.39, 0.29) is 5.82 Å². The Morgan fingerprint density at radius 3 is 2.33 bits per heavy atom. The predicted octanol–water partition coefficient (Wildman–Crippen LogP) is 4.06. The first-order valence-corrected chi connectivity index (χ1v) is 7.53. The molecule has 0 aliphatic heterocycles. The Morgan fingerprint density at radius 2 is 1.71 bits per heavy atom. The second-order valence-corrected chi connectivity index (χ2v) is 5.89. The molecule has 0 aromatic heterocycles. The van der Waals surface area contributed by atoms with Gasteiger partial charge in [0, 0.05) is 0 Å². The number of halogens is 1. The van der Waals surface area contributed by atoms with Gasteiger partial charge in [-0.2, -0.15) is 0 Å². The average molecular weight is 285 g/mol. The van der Waals surface area contributed by atoms with Gasteiger partial charge in [0.25, 0.3) is 0 Å². The number of nitrogens with one attached hydrogen (secondary N) is 1. The van der Waals surface area contributed by atoms with E-state index < -0.39 is 0 Å². The molecule has 0 spiro atoms. The molecule has 2 heteroatoms. The molecule has 1 atom stereocenters. The highest BCUT2D eigenvalue weighted by Crippen LogP contribution is 2.18. The molecule has 0 saturated carbocycles. The fourth-order valence-electron chi connectivity index (χ4n) is 2.76. The van der Waals surface area contributed by atoms with Crippen LogP contribution in [-0.4, -0.2) is 13.6 Å². The Morgan fingerprint density at radius 1 is 1.00 bits per heavy atom. The fourth-order valence-corrected chi connectivity index (χ4v) is 2.76. The van der Waals surface area contributed by atoms with Crippen LogP contribution in [0.4, 0.5) is 4.39 Å². The van der Waals surface area contributed by atoms with Crippen LogP contribution in [0, 0.1) is 25.6 Å². The third kappa shape index (κ3) is 4.68. The Hall–Kier alpha value is -1.67. The molecule has 2 aromatic carbocycles. The molecule has 0 aliphatic rings. The topological polar surface area (TPSA) is 12.0 Å². The van der Waals surface area contributed by atoms with Crippen molar-refractivity contribution in [3.05, 3.63) is 70.5 Å². The molecule has 21 heavy (non-hydrogen) atoms. The van der Waals surface area contributed by atoms with Crippen molar-refractivity contribution in [2.75, 3.05) is 13.6 Å². The molecule has 1 nitrogen and oxygen atoms in total. The van der Waals surface area contributed by atoms with Crippen molar-refractivity contribution in [1.82, 2.24) is 5.32 Å². The van der Waals surface area contributed by atoms with Crippen LogP contribution in [0.1, 0.15) is 22.3 Å². The predicted molar refractivity (Wildman–Crippen MR) is 87.1 cm³/mol. The first-order chi connectivity index (χ1) is 10.1. The lowest BCUT2D eigenvalue weighted by Gasteiger charge is -2.18. The standard InChI is InChI=1S/C19H24FN/c1-14-4-6-16(7-5-14)11-17(13-21-3)12-18-8-9-19(20)10-15(18)2/h4-10,17,21H,11-13H2,1-3H3. The zero-order valence-corrected chi connectivity index (χ0v) is 13.1. The minimum Gasteiger partial charge on any atom is -0.319 e. The number of hydrogen-bond donors (Lipinski definition) is 1. The summed E-state index contributed by atoms with van der Waals surface area (Å²) in [4.78, 5) is 0. The Balaban J connectivity index is 2.09. The quantitative estimate of drug-likeness (QED) is 0.844. The van der Waals surface area contributed by atoms with E-state index >= 15 is 0 Å². The van der Waals surface area contributed by atoms with E-state index in [1.165, 1.54) is 16.7 Å². The zero-order chi connectivity index (χ0) is 15.2. The van der Waals surface area contributed by atoms with Crippen LogP contribution in [0.25, 0.3) is 0 Å². The van der Waals surface area contributed by atoms with Crippen LogP contribution in [-0.2, 0) is 12.8 Å². The Bertz CT molecular complexity index is 575. The van der Waals surface area contributed by atoms with Gasteiger partial charge in [0.2, 0.25) is 0 Å². The van der Waals surface area contributed by atoms with Crippen LogP contribution in [0.15, 0.2) is 42.5 Å². The smallest absolute Gasteiger partial charge is 0.123 e. The van der Waals surface area contributed by atoms with Crippen molar-refractivity contribution < 1.29 is 4.39 Å². The van der Waals surface area contributed by atoms with Crippen LogP contribution in [0.3, 0.4) is 0 Å². The lowest BCUT2D eigenvalue weighted by molar-refractivity contribution is 0.491. The van der Waals surface area contributed by atoms with Crippen molar-refractivity contribution in [2.24, 2.45) is 5.92 Å². The van der Waals surface area contributed by atoms with Crippen LogP contribution >= 0.6 is 0 Å². The first-order valence-electron chi connectivity index (χ1n) is 7.53. The number of aryl methyl sites for hydroxylation is 2. The fraction of sp³-hybridized carbons (Fsp3) is 0.368. The van der Waals surface area contributed by atoms with Gasteiger partial charge >= 0.3 is 0 Å².